The van der Waals surface area contributed by atoms with Crippen molar-refractivity contribution in [3.63, 3.8) is 0 Å². The molecule has 1 heteroatoms. The van der Waals surface area contributed by atoms with Gasteiger partial charge in [0.25, 0.3) is 0 Å². The summed E-state index contributed by atoms with van der Waals surface area (Å²) in [4.78, 5) is -0.0370. The van der Waals surface area contributed by atoms with Crippen LogP contribution in [0.3, 0.4) is 0 Å². The fourth-order valence-corrected chi connectivity index (χ4v) is 2.21. The summed E-state index contributed by atoms with van der Waals surface area (Å²) < 4.78 is 0. The molecule has 0 N–H and O–H groups in total. The van der Waals surface area contributed by atoms with Gasteiger partial charge in [-0.15, -0.1) is 11.6 Å². The lowest BCUT2D eigenvalue weighted by Gasteiger charge is -2.27. The summed E-state index contributed by atoms with van der Waals surface area (Å²) >= 11 is 6.16. The van der Waals surface area contributed by atoms with Crippen molar-refractivity contribution in [2.24, 2.45) is 11.3 Å². The predicted octanol–water partition coefficient (Wildman–Crippen LogP) is 4.47. The second-order valence-electron chi connectivity index (χ2n) is 5.79. The van der Waals surface area contributed by atoms with Crippen molar-refractivity contribution in [1.29, 1.82) is 0 Å². The highest BCUT2D eigenvalue weighted by Gasteiger charge is 2.21. The zero-order valence-electron chi connectivity index (χ0n) is 9.37. The van der Waals surface area contributed by atoms with Crippen LogP contribution in [-0.2, 0) is 0 Å². The van der Waals surface area contributed by atoms with Crippen molar-refractivity contribution in [2.75, 3.05) is 0 Å². The molecule has 0 bridgehead atoms. The molecule has 0 fully saturated rings. The molecule has 0 aromatic rings. The standard InChI is InChI=1S/C11H23Cl/c1-9(7-10(2,3)4)8-11(5,6)12/h9H,7-8H2,1-6H3. The molecule has 0 aromatic heterocycles. The summed E-state index contributed by atoms with van der Waals surface area (Å²) in [6.45, 7) is 13.3. The van der Waals surface area contributed by atoms with Crippen LogP contribution in [-0.4, -0.2) is 4.87 Å². The van der Waals surface area contributed by atoms with Crippen molar-refractivity contribution < 1.29 is 0 Å². The van der Waals surface area contributed by atoms with E-state index < -0.39 is 0 Å². The molecule has 0 aromatic carbocycles. The van der Waals surface area contributed by atoms with E-state index in [2.05, 4.69) is 41.5 Å². The normalized spacial score (nSPS) is 16.2. The fourth-order valence-electron chi connectivity index (χ4n) is 1.95. The van der Waals surface area contributed by atoms with Gasteiger partial charge in [0, 0.05) is 4.87 Å². The summed E-state index contributed by atoms with van der Waals surface area (Å²) in [7, 11) is 0. The third kappa shape index (κ3) is 8.39. The van der Waals surface area contributed by atoms with Gasteiger partial charge < -0.3 is 0 Å². The molecule has 0 saturated heterocycles. The Kier molecular flexibility index (Phi) is 4.10. The van der Waals surface area contributed by atoms with Crippen LogP contribution in [0.4, 0.5) is 0 Å². The van der Waals surface area contributed by atoms with Crippen LogP contribution in [0.1, 0.15) is 54.4 Å². The molecule has 0 rings (SSSR count). The second kappa shape index (κ2) is 4.00. The zero-order chi connectivity index (χ0) is 9.99. The molecule has 0 aliphatic carbocycles. The van der Waals surface area contributed by atoms with Gasteiger partial charge in [-0.3, -0.25) is 0 Å². The van der Waals surface area contributed by atoms with E-state index >= 15 is 0 Å². The fraction of sp³-hybridized carbons (Fsp3) is 1.00. The summed E-state index contributed by atoms with van der Waals surface area (Å²) in [5.41, 5.74) is 0.432. The molecule has 0 amide bonds. The first-order valence-electron chi connectivity index (χ1n) is 4.79. The van der Waals surface area contributed by atoms with Crippen molar-refractivity contribution in [1.82, 2.24) is 0 Å². The Bertz CT molecular complexity index is 109. The topological polar surface area (TPSA) is 0 Å². The molecule has 0 aliphatic rings. The molecule has 0 radical (unpaired) electrons. The maximum Gasteiger partial charge on any atom is 0.0393 e. The smallest absolute Gasteiger partial charge is 0.0393 e. The molecular formula is C11H23Cl. The van der Waals surface area contributed by atoms with Crippen LogP contribution in [0.25, 0.3) is 0 Å². The molecule has 1 unspecified atom stereocenters. The monoisotopic (exact) mass is 190 g/mol. The summed E-state index contributed by atoms with van der Waals surface area (Å²) in [6, 6.07) is 0. The Labute approximate surface area is 82.7 Å². The number of hydrogen-bond acceptors (Lipinski definition) is 0. The van der Waals surface area contributed by atoms with E-state index in [-0.39, 0.29) is 4.87 Å². The van der Waals surface area contributed by atoms with E-state index in [9.17, 15) is 0 Å². The van der Waals surface area contributed by atoms with Crippen LogP contribution >= 0.6 is 11.6 Å². The first-order valence-corrected chi connectivity index (χ1v) is 5.17. The maximum atomic E-state index is 6.16. The maximum absolute atomic E-state index is 6.16. The molecule has 0 nitrogen and oxygen atoms in total. The highest BCUT2D eigenvalue weighted by Crippen LogP contribution is 2.31. The average molecular weight is 191 g/mol. The van der Waals surface area contributed by atoms with Gasteiger partial charge in [0.1, 0.15) is 0 Å². The minimum atomic E-state index is -0.0370. The average Bonchev–Trinajstić information content (AvgIpc) is 1.49. The summed E-state index contributed by atoms with van der Waals surface area (Å²) in [6.07, 6.45) is 2.36. The molecule has 0 aliphatic heterocycles. The Morgan fingerprint density at radius 2 is 1.42 bits per heavy atom. The Morgan fingerprint density at radius 1 is 1.00 bits per heavy atom. The van der Waals surface area contributed by atoms with Crippen molar-refractivity contribution in [3.05, 3.63) is 0 Å². The number of halogens is 1. The van der Waals surface area contributed by atoms with Crippen molar-refractivity contribution >= 4 is 11.6 Å². The van der Waals surface area contributed by atoms with Gasteiger partial charge >= 0.3 is 0 Å². The minimum Gasteiger partial charge on any atom is -0.120 e. The van der Waals surface area contributed by atoms with Crippen LogP contribution < -0.4 is 0 Å². The highest BCUT2D eigenvalue weighted by molar-refractivity contribution is 6.23. The lowest BCUT2D eigenvalue weighted by Crippen LogP contribution is -2.19. The lowest BCUT2D eigenvalue weighted by molar-refractivity contribution is 0.284. The second-order valence-corrected chi connectivity index (χ2v) is 6.82. The van der Waals surface area contributed by atoms with Gasteiger partial charge in [0.05, 0.1) is 0 Å². The van der Waals surface area contributed by atoms with Crippen LogP contribution in [0.15, 0.2) is 0 Å². The van der Waals surface area contributed by atoms with E-state index in [1.54, 1.807) is 0 Å². The van der Waals surface area contributed by atoms with E-state index in [1.165, 1.54) is 6.42 Å². The van der Waals surface area contributed by atoms with Gasteiger partial charge in [-0.2, -0.15) is 0 Å². The Morgan fingerprint density at radius 3 is 1.67 bits per heavy atom. The van der Waals surface area contributed by atoms with Gasteiger partial charge in [0.2, 0.25) is 0 Å². The third-order valence-electron chi connectivity index (χ3n) is 1.79. The summed E-state index contributed by atoms with van der Waals surface area (Å²) in [5, 5.41) is 0. The van der Waals surface area contributed by atoms with E-state index in [0.29, 0.717) is 5.41 Å². The molecule has 0 saturated carbocycles. The number of rotatable bonds is 3. The molecule has 12 heavy (non-hydrogen) atoms. The molecule has 0 heterocycles. The van der Waals surface area contributed by atoms with E-state index in [1.807, 2.05) is 0 Å². The van der Waals surface area contributed by atoms with Crippen molar-refractivity contribution in [2.45, 2.75) is 59.3 Å². The lowest BCUT2D eigenvalue weighted by atomic mass is 9.82. The molecular weight excluding hydrogens is 168 g/mol. The first kappa shape index (κ1) is 12.3. The van der Waals surface area contributed by atoms with Gasteiger partial charge in [-0.1, -0.05) is 27.7 Å². The van der Waals surface area contributed by atoms with Gasteiger partial charge in [0.15, 0.2) is 0 Å². The summed E-state index contributed by atoms with van der Waals surface area (Å²) in [5.74, 6) is 0.720. The third-order valence-corrected chi connectivity index (χ3v) is 1.95. The predicted molar refractivity (Wildman–Crippen MR) is 57.8 cm³/mol. The molecule has 1 atom stereocenters. The largest absolute Gasteiger partial charge is 0.120 e. The SMILES string of the molecule is CC(CC(C)(C)C)CC(C)(C)Cl. The number of alkyl halides is 1. The van der Waals surface area contributed by atoms with Crippen LogP contribution in [0.5, 0.6) is 0 Å². The van der Waals surface area contributed by atoms with E-state index in [4.69, 9.17) is 11.6 Å². The highest BCUT2D eigenvalue weighted by atomic mass is 35.5. The van der Waals surface area contributed by atoms with Gasteiger partial charge in [-0.25, -0.2) is 0 Å². The molecule has 74 valence electrons. The minimum absolute atomic E-state index is 0.0370. The Hall–Kier alpha value is 0.290. The first-order chi connectivity index (χ1) is 5.10. The van der Waals surface area contributed by atoms with E-state index in [0.717, 1.165) is 12.3 Å². The Balaban J connectivity index is 3.83. The van der Waals surface area contributed by atoms with Crippen molar-refractivity contribution in [3.8, 4) is 0 Å². The number of hydrogen-bond donors (Lipinski definition) is 0. The van der Waals surface area contributed by atoms with Gasteiger partial charge in [-0.05, 0) is 38.0 Å². The van der Waals surface area contributed by atoms with Crippen LogP contribution in [0, 0.1) is 11.3 Å². The van der Waals surface area contributed by atoms with Crippen LogP contribution in [0.2, 0.25) is 0 Å². The zero-order valence-corrected chi connectivity index (χ0v) is 10.1. The quantitative estimate of drug-likeness (QED) is 0.577. The molecule has 0 spiro atoms.